The third kappa shape index (κ3) is 6.43. The minimum Gasteiger partial charge on any atom is -0.497 e. The van der Waals surface area contributed by atoms with Crippen molar-refractivity contribution in [2.45, 2.75) is 39.0 Å². The molecule has 0 saturated carbocycles. The molecular formula is C22H26F2N2O4. The van der Waals surface area contributed by atoms with Crippen LogP contribution in [0, 0.1) is 5.82 Å². The summed E-state index contributed by atoms with van der Waals surface area (Å²) in [6.45, 7) is 3.97. The Balaban J connectivity index is 2.18. The molecule has 0 radical (unpaired) electrons. The summed E-state index contributed by atoms with van der Waals surface area (Å²) in [5.41, 5.74) is -0.239. The van der Waals surface area contributed by atoms with Crippen molar-refractivity contribution >= 4 is 12.0 Å². The summed E-state index contributed by atoms with van der Waals surface area (Å²) in [4.78, 5) is 24.6. The van der Waals surface area contributed by atoms with Crippen LogP contribution in [0.2, 0.25) is 0 Å². The Morgan fingerprint density at radius 2 is 1.83 bits per heavy atom. The largest absolute Gasteiger partial charge is 0.497 e. The van der Waals surface area contributed by atoms with Crippen LogP contribution in [-0.2, 0) is 11.3 Å². The molecule has 0 aliphatic carbocycles. The highest BCUT2D eigenvalue weighted by Gasteiger charge is 2.22. The van der Waals surface area contributed by atoms with E-state index in [9.17, 15) is 18.4 Å². The third-order valence-electron chi connectivity index (χ3n) is 4.13. The van der Waals surface area contributed by atoms with Crippen molar-refractivity contribution in [1.29, 1.82) is 0 Å². The van der Waals surface area contributed by atoms with E-state index in [4.69, 9.17) is 9.47 Å². The van der Waals surface area contributed by atoms with Gasteiger partial charge in [0, 0.05) is 17.7 Å². The van der Waals surface area contributed by atoms with Gasteiger partial charge in [-0.3, -0.25) is 4.79 Å². The number of ether oxygens (including phenoxy) is 2. The number of nitrogens with one attached hydrogen (secondary N) is 2. The number of alkyl carbamates (subject to hydrolysis) is 1. The van der Waals surface area contributed by atoms with Gasteiger partial charge in [-0.15, -0.1) is 0 Å². The molecule has 0 aliphatic heterocycles. The molecule has 2 N–H and O–H groups in total. The normalized spacial score (nSPS) is 12.1. The standard InChI is InChI=1S/C22H26F2N2O4/c1-22(2,3)30-21(28)25-13-17-16(9-6-10-18(17)24)20(27)26-19(12-23)14-7-5-8-15(11-14)29-4/h5-11,19H,12-13H2,1-4H3,(H,25,28)(H,26,27). The lowest BCUT2D eigenvalue weighted by Gasteiger charge is -2.20. The fourth-order valence-corrected chi connectivity index (χ4v) is 2.73. The van der Waals surface area contributed by atoms with Crippen LogP contribution in [0.1, 0.15) is 48.3 Å². The summed E-state index contributed by atoms with van der Waals surface area (Å²) in [6.07, 6.45) is -0.741. The second kappa shape index (κ2) is 10.0. The molecule has 1 unspecified atom stereocenters. The van der Waals surface area contributed by atoms with E-state index in [2.05, 4.69) is 10.6 Å². The van der Waals surface area contributed by atoms with E-state index in [0.29, 0.717) is 11.3 Å². The van der Waals surface area contributed by atoms with Crippen LogP contribution in [-0.4, -0.2) is 31.4 Å². The number of amides is 2. The molecular weight excluding hydrogens is 394 g/mol. The molecule has 2 aromatic rings. The number of carbonyl (C=O) groups excluding carboxylic acids is 2. The zero-order chi connectivity index (χ0) is 22.3. The first-order valence-corrected chi connectivity index (χ1v) is 9.39. The highest BCUT2D eigenvalue weighted by atomic mass is 19.1. The van der Waals surface area contributed by atoms with E-state index in [1.165, 1.54) is 25.3 Å². The van der Waals surface area contributed by atoms with Gasteiger partial charge in [0.05, 0.1) is 13.2 Å². The van der Waals surface area contributed by atoms with Crippen molar-refractivity contribution in [3.63, 3.8) is 0 Å². The Kier molecular flexibility index (Phi) is 7.74. The van der Waals surface area contributed by atoms with Gasteiger partial charge in [0.25, 0.3) is 5.91 Å². The van der Waals surface area contributed by atoms with Crippen LogP contribution >= 0.6 is 0 Å². The van der Waals surface area contributed by atoms with Gasteiger partial charge in [0.2, 0.25) is 0 Å². The summed E-state index contributed by atoms with van der Waals surface area (Å²) in [7, 11) is 1.48. The molecule has 6 nitrogen and oxygen atoms in total. The van der Waals surface area contributed by atoms with Crippen LogP contribution in [0.4, 0.5) is 13.6 Å². The van der Waals surface area contributed by atoms with Crippen molar-refractivity contribution < 1.29 is 27.8 Å². The number of hydrogen-bond acceptors (Lipinski definition) is 4. The van der Waals surface area contributed by atoms with E-state index >= 15 is 0 Å². The molecule has 0 saturated heterocycles. The van der Waals surface area contributed by atoms with Crippen LogP contribution in [0.25, 0.3) is 0 Å². The van der Waals surface area contributed by atoms with Crippen molar-refractivity contribution in [2.75, 3.05) is 13.8 Å². The smallest absolute Gasteiger partial charge is 0.407 e. The lowest BCUT2D eigenvalue weighted by Crippen LogP contribution is -2.34. The summed E-state index contributed by atoms with van der Waals surface area (Å²) in [6, 6.07) is 9.67. The molecule has 0 bridgehead atoms. The zero-order valence-corrected chi connectivity index (χ0v) is 17.4. The Morgan fingerprint density at radius 3 is 2.47 bits per heavy atom. The van der Waals surface area contributed by atoms with Gasteiger partial charge in [-0.1, -0.05) is 18.2 Å². The highest BCUT2D eigenvalue weighted by molar-refractivity contribution is 5.96. The van der Waals surface area contributed by atoms with Gasteiger partial charge < -0.3 is 20.1 Å². The first kappa shape index (κ1) is 23.1. The van der Waals surface area contributed by atoms with Gasteiger partial charge in [-0.2, -0.15) is 0 Å². The lowest BCUT2D eigenvalue weighted by atomic mass is 10.0. The van der Waals surface area contributed by atoms with Gasteiger partial charge in [0.15, 0.2) is 0 Å². The van der Waals surface area contributed by atoms with Crippen LogP contribution in [0.15, 0.2) is 42.5 Å². The predicted octanol–water partition coefficient (Wildman–Crippen LogP) is 4.30. The molecule has 0 aliphatic rings. The van der Waals surface area contributed by atoms with Gasteiger partial charge in [-0.05, 0) is 50.6 Å². The van der Waals surface area contributed by atoms with Crippen molar-refractivity contribution in [1.82, 2.24) is 10.6 Å². The summed E-state index contributed by atoms with van der Waals surface area (Å²) >= 11 is 0. The van der Waals surface area contributed by atoms with Crippen molar-refractivity contribution in [3.8, 4) is 5.75 Å². The SMILES string of the molecule is COc1cccc(C(CF)NC(=O)c2cccc(F)c2CNC(=O)OC(C)(C)C)c1. The van der Waals surface area contributed by atoms with E-state index in [1.54, 1.807) is 45.0 Å². The molecule has 2 rings (SSSR count). The molecule has 162 valence electrons. The number of rotatable bonds is 7. The quantitative estimate of drug-likeness (QED) is 0.700. The Labute approximate surface area is 174 Å². The van der Waals surface area contributed by atoms with Crippen molar-refractivity contribution in [2.24, 2.45) is 0 Å². The van der Waals surface area contributed by atoms with Crippen molar-refractivity contribution in [3.05, 3.63) is 65.0 Å². The number of methoxy groups -OCH3 is 1. The minimum atomic E-state index is -0.942. The summed E-state index contributed by atoms with van der Waals surface area (Å²) in [5, 5.41) is 5.00. The highest BCUT2D eigenvalue weighted by Crippen LogP contribution is 2.21. The first-order chi connectivity index (χ1) is 14.1. The number of alkyl halides is 1. The number of hydrogen-bond donors (Lipinski definition) is 2. The molecule has 30 heavy (non-hydrogen) atoms. The average molecular weight is 420 g/mol. The molecule has 2 amide bonds. The maximum atomic E-state index is 14.4. The third-order valence-corrected chi connectivity index (χ3v) is 4.13. The summed E-state index contributed by atoms with van der Waals surface area (Å²) < 4.78 is 38.3. The van der Waals surface area contributed by atoms with Crippen LogP contribution < -0.4 is 15.4 Å². The molecule has 0 aromatic heterocycles. The Morgan fingerprint density at radius 1 is 1.13 bits per heavy atom. The molecule has 0 fully saturated rings. The predicted molar refractivity (Wildman–Crippen MR) is 109 cm³/mol. The average Bonchev–Trinajstić information content (AvgIpc) is 2.69. The topological polar surface area (TPSA) is 76.7 Å². The van der Waals surface area contributed by atoms with E-state index in [0.717, 1.165) is 0 Å². The van der Waals surface area contributed by atoms with E-state index < -0.39 is 36.1 Å². The Hall–Kier alpha value is -3.16. The first-order valence-electron chi connectivity index (χ1n) is 9.39. The summed E-state index contributed by atoms with van der Waals surface area (Å²) in [5.74, 6) is -0.814. The van der Waals surface area contributed by atoms with Crippen LogP contribution in [0.5, 0.6) is 5.75 Å². The fourth-order valence-electron chi connectivity index (χ4n) is 2.73. The fraction of sp³-hybridized carbons (Fsp3) is 0.364. The second-order valence-electron chi connectivity index (χ2n) is 7.58. The van der Waals surface area contributed by atoms with Crippen LogP contribution in [0.3, 0.4) is 0 Å². The molecule has 0 spiro atoms. The number of benzene rings is 2. The van der Waals surface area contributed by atoms with Gasteiger partial charge in [-0.25, -0.2) is 13.6 Å². The molecule has 2 aromatic carbocycles. The molecule has 1 atom stereocenters. The maximum absolute atomic E-state index is 14.4. The molecule has 0 heterocycles. The maximum Gasteiger partial charge on any atom is 0.407 e. The van der Waals surface area contributed by atoms with E-state index in [1.807, 2.05) is 0 Å². The van der Waals surface area contributed by atoms with Gasteiger partial charge >= 0.3 is 6.09 Å². The zero-order valence-electron chi connectivity index (χ0n) is 17.4. The minimum absolute atomic E-state index is 0.00703. The van der Waals surface area contributed by atoms with E-state index in [-0.39, 0.29) is 17.7 Å². The lowest BCUT2D eigenvalue weighted by molar-refractivity contribution is 0.0522. The number of carbonyl (C=O) groups is 2. The Bertz CT molecular complexity index is 897. The van der Waals surface area contributed by atoms with Gasteiger partial charge in [0.1, 0.15) is 23.8 Å². The molecule has 8 heteroatoms. The second-order valence-corrected chi connectivity index (χ2v) is 7.58. The number of halogens is 2. The monoisotopic (exact) mass is 420 g/mol.